The first-order valence-corrected chi connectivity index (χ1v) is 10.3. The highest BCUT2D eigenvalue weighted by molar-refractivity contribution is 7.91. The average molecular weight is 367 g/mol. The molecule has 1 saturated heterocycles. The summed E-state index contributed by atoms with van der Waals surface area (Å²) < 4.78 is 37.9. The second-order valence-electron chi connectivity index (χ2n) is 5.84. The molecule has 0 saturated carbocycles. The first kappa shape index (κ1) is 17.1. The van der Waals surface area contributed by atoms with Crippen molar-refractivity contribution in [1.82, 2.24) is 4.90 Å². The van der Waals surface area contributed by atoms with Gasteiger partial charge < -0.3 is 4.90 Å². The first-order valence-electron chi connectivity index (χ1n) is 7.73. The zero-order chi connectivity index (χ0) is 17.2. The maximum Gasteiger partial charge on any atom is 0.227 e. The number of amides is 1. The third-order valence-corrected chi connectivity index (χ3v) is 7.47. The Bertz CT molecular complexity index is 801. The molecule has 1 unspecified atom stereocenters. The number of hydrogen-bond donors (Lipinski definition) is 0. The number of thiophene rings is 1. The predicted molar refractivity (Wildman–Crippen MR) is 92.1 cm³/mol. The molecule has 0 bridgehead atoms. The average Bonchev–Trinajstić information content (AvgIpc) is 3.01. The number of carbonyl (C=O) groups excluding carboxylic acids is 1. The Morgan fingerprint density at radius 3 is 2.62 bits per heavy atom. The van der Waals surface area contributed by atoms with Crippen molar-refractivity contribution in [1.29, 1.82) is 0 Å². The topological polar surface area (TPSA) is 54.5 Å². The Morgan fingerprint density at radius 1 is 1.21 bits per heavy atom. The van der Waals surface area contributed by atoms with Crippen LogP contribution in [-0.2, 0) is 21.1 Å². The molecule has 1 aromatic heterocycles. The summed E-state index contributed by atoms with van der Waals surface area (Å²) in [5.74, 6) is -0.487. The van der Waals surface area contributed by atoms with Gasteiger partial charge in [0.1, 0.15) is 5.82 Å². The van der Waals surface area contributed by atoms with Crippen LogP contribution in [-0.4, -0.2) is 38.1 Å². The van der Waals surface area contributed by atoms with E-state index in [0.29, 0.717) is 13.0 Å². The van der Waals surface area contributed by atoms with Crippen molar-refractivity contribution in [2.75, 3.05) is 18.8 Å². The lowest BCUT2D eigenvalue weighted by Crippen LogP contribution is -2.34. The molecular weight excluding hydrogens is 349 g/mol. The summed E-state index contributed by atoms with van der Waals surface area (Å²) in [7, 11) is -3.26. The maximum atomic E-state index is 12.9. The molecule has 2 heterocycles. The maximum absolute atomic E-state index is 12.9. The minimum atomic E-state index is -3.26. The summed E-state index contributed by atoms with van der Waals surface area (Å²) in [5.41, 5.74) is 0.725. The molecule has 0 spiro atoms. The van der Waals surface area contributed by atoms with Crippen LogP contribution in [0.2, 0.25) is 0 Å². The first-order chi connectivity index (χ1) is 11.5. The molecule has 1 aromatic carbocycles. The van der Waals surface area contributed by atoms with Gasteiger partial charge in [-0.15, -0.1) is 11.3 Å². The van der Waals surface area contributed by atoms with Gasteiger partial charge in [0.25, 0.3) is 0 Å². The van der Waals surface area contributed by atoms with Crippen LogP contribution in [0.5, 0.6) is 0 Å². The third-order valence-electron chi connectivity index (χ3n) is 4.22. The zero-order valence-electron chi connectivity index (χ0n) is 13.0. The van der Waals surface area contributed by atoms with Gasteiger partial charge in [-0.2, -0.15) is 0 Å². The second-order valence-corrected chi connectivity index (χ2v) is 9.13. The fraction of sp³-hybridized carbons (Fsp3) is 0.353. The quantitative estimate of drug-likeness (QED) is 0.838. The van der Waals surface area contributed by atoms with E-state index in [4.69, 9.17) is 0 Å². The molecule has 128 valence electrons. The number of sulfone groups is 1. The van der Waals surface area contributed by atoms with E-state index >= 15 is 0 Å². The summed E-state index contributed by atoms with van der Waals surface area (Å²) in [6.07, 6.45) is 0.571. The molecule has 1 amide bonds. The highest BCUT2D eigenvalue weighted by Gasteiger charge is 2.33. The van der Waals surface area contributed by atoms with Crippen molar-refractivity contribution < 1.29 is 17.6 Å². The molecule has 1 aliphatic heterocycles. The van der Waals surface area contributed by atoms with Crippen LogP contribution in [0.25, 0.3) is 0 Å². The largest absolute Gasteiger partial charge is 0.341 e. The van der Waals surface area contributed by atoms with Gasteiger partial charge in [-0.3, -0.25) is 4.79 Å². The van der Waals surface area contributed by atoms with Gasteiger partial charge in [-0.1, -0.05) is 18.2 Å². The Hall–Kier alpha value is -1.73. The molecule has 4 nitrogen and oxygen atoms in total. The number of rotatable bonds is 3. The molecule has 1 atom stereocenters. The highest BCUT2D eigenvalue weighted by atomic mass is 32.2. The van der Waals surface area contributed by atoms with Gasteiger partial charge in [-0.05, 0) is 35.6 Å². The number of halogens is 1. The normalized spacial score (nSPS) is 20.5. The Balaban J connectivity index is 1.70. The van der Waals surface area contributed by atoms with Crippen molar-refractivity contribution in [3.8, 4) is 0 Å². The molecule has 0 aliphatic carbocycles. The molecule has 1 aliphatic rings. The molecule has 0 radical (unpaired) electrons. The van der Waals surface area contributed by atoms with Gasteiger partial charge in [0, 0.05) is 18.0 Å². The minimum absolute atomic E-state index is 0.0231. The van der Waals surface area contributed by atoms with E-state index in [9.17, 15) is 17.6 Å². The molecular formula is C17H18FNO3S2. The second kappa shape index (κ2) is 7.03. The van der Waals surface area contributed by atoms with Crippen molar-refractivity contribution in [2.24, 2.45) is 0 Å². The number of benzene rings is 1. The number of hydrogen-bond acceptors (Lipinski definition) is 4. The van der Waals surface area contributed by atoms with E-state index in [0.717, 1.165) is 10.4 Å². The monoisotopic (exact) mass is 367 g/mol. The fourth-order valence-electron chi connectivity index (χ4n) is 2.88. The van der Waals surface area contributed by atoms with Crippen LogP contribution in [0.4, 0.5) is 4.39 Å². The van der Waals surface area contributed by atoms with Gasteiger partial charge in [-0.25, -0.2) is 12.8 Å². The minimum Gasteiger partial charge on any atom is -0.341 e. The van der Waals surface area contributed by atoms with Crippen molar-refractivity contribution in [2.45, 2.75) is 18.1 Å². The standard InChI is InChI=1S/C17H18FNO3S2/c18-14-5-3-13(4-6-14)12-17(20)19-8-7-16(15-2-1-10-23-15)24(21,22)11-9-19/h1-6,10,16H,7-9,11-12H2. The Labute approximate surface area is 144 Å². The lowest BCUT2D eigenvalue weighted by molar-refractivity contribution is -0.130. The van der Waals surface area contributed by atoms with Gasteiger partial charge in [0.15, 0.2) is 9.84 Å². The molecule has 0 N–H and O–H groups in total. The molecule has 2 aromatic rings. The smallest absolute Gasteiger partial charge is 0.227 e. The number of nitrogens with zero attached hydrogens (tertiary/aromatic N) is 1. The van der Waals surface area contributed by atoms with Crippen molar-refractivity contribution >= 4 is 27.1 Å². The van der Waals surface area contributed by atoms with E-state index in [1.807, 2.05) is 17.5 Å². The summed E-state index contributed by atoms with van der Waals surface area (Å²) in [4.78, 5) is 14.9. The fourth-order valence-corrected chi connectivity index (χ4v) is 5.88. The number of carbonyl (C=O) groups is 1. The van der Waals surface area contributed by atoms with Crippen LogP contribution in [0, 0.1) is 5.82 Å². The lowest BCUT2D eigenvalue weighted by Gasteiger charge is -2.20. The van der Waals surface area contributed by atoms with E-state index < -0.39 is 15.1 Å². The Morgan fingerprint density at radius 2 is 1.96 bits per heavy atom. The Kier molecular flexibility index (Phi) is 5.01. The summed E-state index contributed by atoms with van der Waals surface area (Å²) in [6.45, 7) is 0.631. The van der Waals surface area contributed by atoms with E-state index in [1.165, 1.54) is 23.5 Å². The highest BCUT2D eigenvalue weighted by Crippen LogP contribution is 2.32. The van der Waals surface area contributed by atoms with Crippen molar-refractivity contribution in [3.05, 3.63) is 58.0 Å². The van der Waals surface area contributed by atoms with Crippen LogP contribution >= 0.6 is 11.3 Å². The van der Waals surface area contributed by atoms with Gasteiger partial charge >= 0.3 is 0 Å². The molecule has 3 rings (SSSR count). The van der Waals surface area contributed by atoms with Crippen molar-refractivity contribution in [3.63, 3.8) is 0 Å². The van der Waals surface area contributed by atoms with Crippen LogP contribution in [0.15, 0.2) is 41.8 Å². The van der Waals surface area contributed by atoms with Crippen LogP contribution in [0.1, 0.15) is 22.1 Å². The van der Waals surface area contributed by atoms with E-state index in [2.05, 4.69) is 0 Å². The zero-order valence-corrected chi connectivity index (χ0v) is 14.7. The molecule has 1 fully saturated rings. The van der Waals surface area contributed by atoms with Gasteiger partial charge in [0.05, 0.1) is 17.4 Å². The summed E-state index contributed by atoms with van der Waals surface area (Å²) >= 11 is 1.44. The molecule has 24 heavy (non-hydrogen) atoms. The SMILES string of the molecule is O=C(Cc1ccc(F)cc1)N1CCC(c2cccs2)S(=O)(=O)CC1. The van der Waals surface area contributed by atoms with E-state index in [-0.39, 0.29) is 30.4 Å². The predicted octanol–water partition coefficient (Wildman–Crippen LogP) is 2.82. The van der Waals surface area contributed by atoms with Gasteiger partial charge in [0.2, 0.25) is 5.91 Å². The summed E-state index contributed by atoms with van der Waals surface area (Å²) in [5, 5.41) is 1.34. The van der Waals surface area contributed by atoms with Crippen LogP contribution in [0.3, 0.4) is 0 Å². The summed E-state index contributed by atoms with van der Waals surface area (Å²) in [6, 6.07) is 9.48. The van der Waals surface area contributed by atoms with E-state index in [1.54, 1.807) is 17.0 Å². The lowest BCUT2D eigenvalue weighted by atomic mass is 10.1. The van der Waals surface area contributed by atoms with Crippen LogP contribution < -0.4 is 0 Å². The third kappa shape index (κ3) is 3.84. The molecule has 7 heteroatoms.